The summed E-state index contributed by atoms with van der Waals surface area (Å²) in [6.07, 6.45) is 7.16. The summed E-state index contributed by atoms with van der Waals surface area (Å²) >= 11 is 0. The molecule has 0 radical (unpaired) electrons. The van der Waals surface area contributed by atoms with E-state index in [-0.39, 0.29) is 0 Å². The molecule has 0 saturated heterocycles. The first kappa shape index (κ1) is 20.8. The molecule has 112 valence electrons. The van der Waals surface area contributed by atoms with Crippen LogP contribution in [0.2, 0.25) is 0 Å². The van der Waals surface area contributed by atoms with E-state index in [0.717, 1.165) is 6.42 Å². The smallest absolute Gasteiger partial charge is 0.00206 e. The molecule has 0 unspecified atom stereocenters. The van der Waals surface area contributed by atoms with Gasteiger partial charge in [-0.05, 0) is 49.5 Å². The van der Waals surface area contributed by atoms with E-state index in [2.05, 4.69) is 56.8 Å². The zero-order chi connectivity index (χ0) is 16.0. The van der Waals surface area contributed by atoms with Crippen molar-refractivity contribution in [2.75, 3.05) is 0 Å². The van der Waals surface area contributed by atoms with Crippen molar-refractivity contribution >= 4 is 0 Å². The molecule has 0 aliphatic rings. The third-order valence-electron chi connectivity index (χ3n) is 2.82. The van der Waals surface area contributed by atoms with Gasteiger partial charge >= 0.3 is 0 Å². The third kappa shape index (κ3) is 7.78. The molecule has 0 fully saturated rings. The molecule has 0 spiro atoms. The summed E-state index contributed by atoms with van der Waals surface area (Å²) in [7, 11) is 0. The van der Waals surface area contributed by atoms with Crippen molar-refractivity contribution in [2.45, 2.75) is 54.9 Å². The van der Waals surface area contributed by atoms with E-state index in [0.29, 0.717) is 0 Å². The normalized spacial score (nSPS) is 10.8. The molecule has 0 aromatic heterocycles. The minimum absolute atomic E-state index is 0.981. The molecule has 0 aliphatic carbocycles. The van der Waals surface area contributed by atoms with Crippen LogP contribution in [0.5, 0.6) is 0 Å². The van der Waals surface area contributed by atoms with Gasteiger partial charge in [-0.2, -0.15) is 0 Å². The molecule has 1 aromatic rings. The molecule has 1 aromatic carbocycles. The molecule has 0 atom stereocenters. The Balaban J connectivity index is 0. The predicted molar refractivity (Wildman–Crippen MR) is 95.3 cm³/mol. The average molecular weight is 272 g/mol. The Morgan fingerprint density at radius 2 is 1.65 bits per heavy atom. The molecule has 0 nitrogen and oxygen atoms in total. The molecule has 1 rings (SSSR count). The number of rotatable bonds is 4. The van der Waals surface area contributed by atoms with Crippen LogP contribution in [-0.4, -0.2) is 0 Å². The number of hydrogen-bond donors (Lipinski definition) is 0. The Morgan fingerprint density at radius 3 is 2.10 bits per heavy atom. The van der Waals surface area contributed by atoms with Gasteiger partial charge < -0.3 is 0 Å². The van der Waals surface area contributed by atoms with E-state index in [4.69, 9.17) is 0 Å². The highest BCUT2D eigenvalue weighted by atomic mass is 14.1. The molecule has 0 heteroatoms. The van der Waals surface area contributed by atoms with Crippen molar-refractivity contribution in [1.29, 1.82) is 0 Å². The van der Waals surface area contributed by atoms with Crippen LogP contribution in [0.25, 0.3) is 0 Å². The topological polar surface area (TPSA) is 0 Å². The summed E-state index contributed by atoms with van der Waals surface area (Å²) in [6.45, 7) is 18.2. The van der Waals surface area contributed by atoms with Crippen molar-refractivity contribution in [3.8, 4) is 0 Å². The number of allylic oxidation sites excluding steroid dienone is 5. The van der Waals surface area contributed by atoms with Crippen LogP contribution in [-0.2, 0) is 6.42 Å². The zero-order valence-corrected chi connectivity index (χ0v) is 14.5. The summed E-state index contributed by atoms with van der Waals surface area (Å²) in [5.74, 6) is 0. The van der Waals surface area contributed by atoms with Gasteiger partial charge in [-0.25, -0.2) is 0 Å². The summed E-state index contributed by atoms with van der Waals surface area (Å²) in [6, 6.07) is 8.53. The van der Waals surface area contributed by atoms with Gasteiger partial charge in [-0.15, -0.1) is 0 Å². The molecule has 0 amide bonds. The SMILES string of the molecule is C=C/C(C)=C(\C=C/C)Cc1ccccc1C.CC.CC. The second-order valence-corrected chi connectivity index (χ2v) is 4.02. The van der Waals surface area contributed by atoms with E-state index < -0.39 is 0 Å². The van der Waals surface area contributed by atoms with E-state index in [1.54, 1.807) is 0 Å². The second kappa shape index (κ2) is 13.9. The Bertz CT molecular complexity index is 419. The van der Waals surface area contributed by atoms with Crippen molar-refractivity contribution < 1.29 is 0 Å². The highest BCUT2D eigenvalue weighted by Gasteiger charge is 2.01. The van der Waals surface area contributed by atoms with E-state index in [1.807, 2.05) is 40.7 Å². The van der Waals surface area contributed by atoms with Gasteiger partial charge in [0.1, 0.15) is 0 Å². The molecule has 0 saturated carbocycles. The lowest BCUT2D eigenvalue weighted by Crippen LogP contribution is -1.93. The molecule has 0 N–H and O–H groups in total. The second-order valence-electron chi connectivity index (χ2n) is 4.02. The van der Waals surface area contributed by atoms with Gasteiger partial charge in [-0.3, -0.25) is 0 Å². The first-order valence-electron chi connectivity index (χ1n) is 7.68. The van der Waals surface area contributed by atoms with Gasteiger partial charge in [0.05, 0.1) is 0 Å². The molecule has 20 heavy (non-hydrogen) atoms. The number of benzene rings is 1. The molecule has 0 aliphatic heterocycles. The Kier molecular flexibility index (Phi) is 14.4. The monoisotopic (exact) mass is 272 g/mol. The van der Waals surface area contributed by atoms with Crippen molar-refractivity contribution in [3.63, 3.8) is 0 Å². The van der Waals surface area contributed by atoms with Crippen LogP contribution in [0, 0.1) is 6.92 Å². The molecular formula is C20H32. The van der Waals surface area contributed by atoms with Crippen molar-refractivity contribution in [1.82, 2.24) is 0 Å². The largest absolute Gasteiger partial charge is 0.0988 e. The van der Waals surface area contributed by atoms with Gasteiger partial charge in [0, 0.05) is 0 Å². The van der Waals surface area contributed by atoms with E-state index >= 15 is 0 Å². The first-order valence-corrected chi connectivity index (χ1v) is 7.68. The predicted octanol–water partition coefficient (Wildman–Crippen LogP) is 6.67. The summed E-state index contributed by atoms with van der Waals surface area (Å²) in [5.41, 5.74) is 5.33. The lowest BCUT2D eigenvalue weighted by atomic mass is 9.97. The fraction of sp³-hybridized carbons (Fsp3) is 0.400. The Hall–Kier alpha value is -1.56. The number of aryl methyl sites for hydroxylation is 1. The third-order valence-corrected chi connectivity index (χ3v) is 2.82. The van der Waals surface area contributed by atoms with E-state index in [1.165, 1.54) is 22.3 Å². The quantitative estimate of drug-likeness (QED) is 0.537. The maximum atomic E-state index is 3.84. The molecule has 0 bridgehead atoms. The lowest BCUT2D eigenvalue weighted by molar-refractivity contribution is 1.13. The van der Waals surface area contributed by atoms with Crippen molar-refractivity contribution in [3.05, 3.63) is 71.3 Å². The minimum atomic E-state index is 0.981. The maximum Gasteiger partial charge on any atom is -0.00206 e. The fourth-order valence-electron chi connectivity index (χ4n) is 1.68. The number of hydrogen-bond acceptors (Lipinski definition) is 0. The highest BCUT2D eigenvalue weighted by molar-refractivity contribution is 5.38. The van der Waals surface area contributed by atoms with Crippen LogP contribution in [0.4, 0.5) is 0 Å². The minimum Gasteiger partial charge on any atom is -0.0988 e. The first-order chi connectivity index (χ1) is 9.69. The van der Waals surface area contributed by atoms with Crippen LogP contribution >= 0.6 is 0 Å². The Morgan fingerprint density at radius 1 is 1.10 bits per heavy atom. The highest BCUT2D eigenvalue weighted by Crippen LogP contribution is 2.17. The van der Waals surface area contributed by atoms with Gasteiger partial charge in [0.25, 0.3) is 0 Å². The lowest BCUT2D eigenvalue weighted by Gasteiger charge is -2.08. The molecular weight excluding hydrogens is 240 g/mol. The Labute approximate surface area is 126 Å². The van der Waals surface area contributed by atoms with Gasteiger partial charge in [0.15, 0.2) is 0 Å². The molecule has 0 heterocycles. The maximum absolute atomic E-state index is 3.84. The van der Waals surface area contributed by atoms with Crippen LogP contribution in [0.3, 0.4) is 0 Å². The van der Waals surface area contributed by atoms with E-state index in [9.17, 15) is 0 Å². The summed E-state index contributed by atoms with van der Waals surface area (Å²) < 4.78 is 0. The summed E-state index contributed by atoms with van der Waals surface area (Å²) in [4.78, 5) is 0. The van der Waals surface area contributed by atoms with Gasteiger partial charge in [0.2, 0.25) is 0 Å². The van der Waals surface area contributed by atoms with Gasteiger partial charge in [-0.1, -0.05) is 76.8 Å². The van der Waals surface area contributed by atoms with Crippen LogP contribution in [0.1, 0.15) is 52.7 Å². The zero-order valence-electron chi connectivity index (χ0n) is 14.5. The van der Waals surface area contributed by atoms with Crippen LogP contribution < -0.4 is 0 Å². The average Bonchev–Trinajstić information content (AvgIpc) is 2.52. The summed E-state index contributed by atoms with van der Waals surface area (Å²) in [5, 5.41) is 0. The van der Waals surface area contributed by atoms with Crippen LogP contribution in [0.15, 0.2) is 60.2 Å². The fourth-order valence-corrected chi connectivity index (χ4v) is 1.68. The van der Waals surface area contributed by atoms with Crippen molar-refractivity contribution in [2.24, 2.45) is 0 Å². The standard InChI is InChI=1S/C16H20.2C2H6/c1-5-9-15(13(3)6-2)12-16-11-8-7-10-14(16)4;2*1-2/h5-11H,2,12H2,1,3-4H3;2*1-2H3/b9-5-,15-13+;;.